The second-order valence-corrected chi connectivity index (χ2v) is 11.1. The van der Waals surface area contributed by atoms with Gasteiger partial charge in [0.05, 0.1) is 6.04 Å². The fourth-order valence-electron chi connectivity index (χ4n) is 3.78. The lowest BCUT2D eigenvalue weighted by Crippen LogP contribution is -2.42. The molecule has 31 heavy (non-hydrogen) atoms. The molecular formula is C26H53N3O2. The van der Waals surface area contributed by atoms with Crippen LogP contribution in [0.3, 0.4) is 0 Å². The highest BCUT2D eigenvalue weighted by Gasteiger charge is 2.27. The molecule has 0 aliphatic carbocycles. The number of nitrogens with one attached hydrogen (secondary N) is 3. The van der Waals surface area contributed by atoms with Gasteiger partial charge in [-0.1, -0.05) is 54.4 Å². The van der Waals surface area contributed by atoms with Crippen LogP contribution in [-0.4, -0.2) is 48.3 Å². The molecule has 3 N–H and O–H groups in total. The zero-order valence-corrected chi connectivity index (χ0v) is 22.1. The minimum atomic E-state index is -0.153. The van der Waals surface area contributed by atoms with Crippen LogP contribution in [0.25, 0.3) is 0 Å². The molecule has 0 aliphatic rings. The van der Waals surface area contributed by atoms with E-state index in [4.69, 9.17) is 0 Å². The van der Waals surface area contributed by atoms with Crippen LogP contribution in [0.15, 0.2) is 0 Å². The SMILES string of the molecule is CC(C)NCCCC[C@H](CC(=O)[C@H](CCCCNC(C)(C)C)NC(C)C)C(=O)C(C)C. The van der Waals surface area contributed by atoms with Crippen molar-refractivity contribution in [2.75, 3.05) is 13.1 Å². The van der Waals surface area contributed by atoms with Gasteiger partial charge in [0, 0.05) is 35.9 Å². The fourth-order valence-corrected chi connectivity index (χ4v) is 3.78. The molecule has 0 fully saturated rings. The van der Waals surface area contributed by atoms with Crippen LogP contribution in [0.5, 0.6) is 0 Å². The Balaban J connectivity index is 4.79. The van der Waals surface area contributed by atoms with Crippen molar-refractivity contribution in [3.05, 3.63) is 0 Å². The topological polar surface area (TPSA) is 70.2 Å². The lowest BCUT2D eigenvalue weighted by Gasteiger charge is -2.24. The van der Waals surface area contributed by atoms with E-state index in [1.54, 1.807) is 0 Å². The standard InChI is InChI=1S/C26H53N3O2/c1-19(2)25(31)22(14-10-12-16-27-20(3)4)18-24(30)23(29-21(5)6)15-11-13-17-28-26(7,8)9/h19-23,27-29H,10-18H2,1-9H3/t22-,23+/m1/s1. The molecule has 2 atom stereocenters. The average molecular weight is 440 g/mol. The molecular weight excluding hydrogens is 386 g/mol. The first-order chi connectivity index (χ1) is 14.3. The number of rotatable bonds is 18. The van der Waals surface area contributed by atoms with E-state index >= 15 is 0 Å². The number of hydrogen-bond acceptors (Lipinski definition) is 5. The summed E-state index contributed by atoms with van der Waals surface area (Å²) in [7, 11) is 0. The fraction of sp³-hybridized carbons (Fsp3) is 0.923. The molecule has 0 aromatic rings. The van der Waals surface area contributed by atoms with Gasteiger partial charge in [-0.15, -0.1) is 0 Å². The third kappa shape index (κ3) is 16.5. The number of Topliss-reactive ketones (excluding diaryl/α,β-unsaturated/α-hetero) is 2. The molecule has 5 heteroatoms. The number of carbonyl (C=O) groups excluding carboxylic acids is 2. The Hall–Kier alpha value is -0.780. The van der Waals surface area contributed by atoms with Gasteiger partial charge in [0.2, 0.25) is 0 Å². The van der Waals surface area contributed by atoms with Crippen LogP contribution < -0.4 is 16.0 Å². The highest BCUT2D eigenvalue weighted by molar-refractivity contribution is 5.91. The maximum Gasteiger partial charge on any atom is 0.150 e. The summed E-state index contributed by atoms with van der Waals surface area (Å²) in [5.41, 5.74) is 0.126. The molecule has 0 unspecified atom stereocenters. The minimum absolute atomic E-state index is 0.0217. The van der Waals surface area contributed by atoms with Crippen molar-refractivity contribution in [3.8, 4) is 0 Å². The highest BCUT2D eigenvalue weighted by atomic mass is 16.1. The van der Waals surface area contributed by atoms with Gasteiger partial charge in [0.25, 0.3) is 0 Å². The van der Waals surface area contributed by atoms with Crippen LogP contribution in [0.4, 0.5) is 0 Å². The number of hydrogen-bond donors (Lipinski definition) is 3. The van der Waals surface area contributed by atoms with E-state index in [0.29, 0.717) is 12.5 Å². The summed E-state index contributed by atoms with van der Waals surface area (Å²) < 4.78 is 0. The molecule has 0 saturated carbocycles. The van der Waals surface area contributed by atoms with Gasteiger partial charge in [0.15, 0.2) is 0 Å². The summed E-state index contributed by atoms with van der Waals surface area (Å²) in [5, 5.41) is 10.4. The molecule has 0 aliphatic heterocycles. The van der Waals surface area contributed by atoms with Crippen molar-refractivity contribution in [1.29, 1.82) is 0 Å². The third-order valence-corrected chi connectivity index (χ3v) is 5.45. The Morgan fingerprint density at radius 3 is 1.87 bits per heavy atom. The number of ketones is 2. The van der Waals surface area contributed by atoms with Crippen molar-refractivity contribution >= 4 is 11.6 Å². The Morgan fingerprint density at radius 2 is 1.35 bits per heavy atom. The smallest absolute Gasteiger partial charge is 0.150 e. The molecule has 0 spiro atoms. The second-order valence-electron chi connectivity index (χ2n) is 11.1. The molecule has 0 aromatic carbocycles. The van der Waals surface area contributed by atoms with Crippen LogP contribution >= 0.6 is 0 Å². The van der Waals surface area contributed by atoms with Gasteiger partial charge < -0.3 is 16.0 Å². The van der Waals surface area contributed by atoms with Crippen molar-refractivity contribution in [2.45, 2.75) is 131 Å². The minimum Gasteiger partial charge on any atom is -0.315 e. The predicted molar refractivity (Wildman–Crippen MR) is 134 cm³/mol. The van der Waals surface area contributed by atoms with Crippen LogP contribution in [0.1, 0.15) is 107 Å². The van der Waals surface area contributed by atoms with Gasteiger partial charge in [-0.3, -0.25) is 9.59 Å². The first-order valence-corrected chi connectivity index (χ1v) is 12.6. The normalized spacial score (nSPS) is 14.5. The Morgan fingerprint density at radius 1 is 0.774 bits per heavy atom. The molecule has 0 radical (unpaired) electrons. The molecule has 0 bridgehead atoms. The lowest BCUT2D eigenvalue weighted by molar-refractivity contribution is -0.131. The average Bonchev–Trinajstić information content (AvgIpc) is 2.63. The highest BCUT2D eigenvalue weighted by Crippen LogP contribution is 2.21. The summed E-state index contributed by atoms with van der Waals surface area (Å²) in [5.74, 6) is 0.275. The number of unbranched alkanes of at least 4 members (excludes halogenated alkanes) is 2. The molecule has 5 nitrogen and oxygen atoms in total. The van der Waals surface area contributed by atoms with E-state index in [1.807, 2.05) is 13.8 Å². The van der Waals surface area contributed by atoms with Crippen molar-refractivity contribution in [2.24, 2.45) is 11.8 Å². The van der Waals surface area contributed by atoms with Crippen LogP contribution in [-0.2, 0) is 9.59 Å². The van der Waals surface area contributed by atoms with E-state index < -0.39 is 0 Å². The van der Waals surface area contributed by atoms with Gasteiger partial charge in [-0.25, -0.2) is 0 Å². The zero-order valence-electron chi connectivity index (χ0n) is 22.1. The lowest BCUT2D eigenvalue weighted by atomic mass is 9.85. The first-order valence-electron chi connectivity index (χ1n) is 12.6. The van der Waals surface area contributed by atoms with Crippen LogP contribution in [0.2, 0.25) is 0 Å². The van der Waals surface area contributed by atoms with Gasteiger partial charge >= 0.3 is 0 Å². The molecule has 0 rings (SSSR count). The largest absolute Gasteiger partial charge is 0.315 e. The summed E-state index contributed by atoms with van der Waals surface area (Å²) in [4.78, 5) is 26.0. The Kier molecular flexibility index (Phi) is 15.5. The van der Waals surface area contributed by atoms with Crippen LogP contribution in [0, 0.1) is 11.8 Å². The quantitative estimate of drug-likeness (QED) is 0.266. The van der Waals surface area contributed by atoms with Crippen molar-refractivity contribution in [1.82, 2.24) is 16.0 Å². The van der Waals surface area contributed by atoms with E-state index in [2.05, 4.69) is 64.4 Å². The summed E-state index contributed by atoms with van der Waals surface area (Å²) >= 11 is 0. The Labute approximate surface area is 193 Å². The van der Waals surface area contributed by atoms with Crippen molar-refractivity contribution in [3.63, 3.8) is 0 Å². The summed E-state index contributed by atoms with van der Waals surface area (Å²) in [6.45, 7) is 20.8. The Bertz CT molecular complexity index is 495. The molecule has 0 saturated heterocycles. The summed E-state index contributed by atoms with van der Waals surface area (Å²) in [6, 6.07) is 0.582. The van der Waals surface area contributed by atoms with E-state index in [0.717, 1.165) is 51.6 Å². The zero-order chi connectivity index (χ0) is 24.0. The third-order valence-electron chi connectivity index (χ3n) is 5.45. The van der Waals surface area contributed by atoms with Gasteiger partial charge in [0.1, 0.15) is 11.6 Å². The van der Waals surface area contributed by atoms with Crippen molar-refractivity contribution < 1.29 is 9.59 Å². The second kappa shape index (κ2) is 15.9. The number of carbonyl (C=O) groups is 2. The van der Waals surface area contributed by atoms with Gasteiger partial charge in [-0.2, -0.15) is 0 Å². The maximum absolute atomic E-state index is 13.2. The first kappa shape index (κ1) is 30.2. The monoisotopic (exact) mass is 439 g/mol. The van der Waals surface area contributed by atoms with E-state index in [1.165, 1.54) is 0 Å². The molecule has 0 amide bonds. The summed E-state index contributed by atoms with van der Waals surface area (Å²) in [6.07, 6.45) is 6.11. The molecule has 0 heterocycles. The van der Waals surface area contributed by atoms with E-state index in [-0.39, 0.29) is 41.0 Å². The van der Waals surface area contributed by atoms with E-state index in [9.17, 15) is 9.59 Å². The maximum atomic E-state index is 13.2. The molecule has 184 valence electrons. The van der Waals surface area contributed by atoms with Gasteiger partial charge in [-0.05, 0) is 59.5 Å². The molecule has 0 aromatic heterocycles. The predicted octanol–water partition coefficient (Wildman–Crippen LogP) is 4.88.